The fraction of sp³-hybridized carbons (Fsp3) is 0. The molecule has 10 aromatic rings. The lowest BCUT2D eigenvalue weighted by molar-refractivity contribution is 0.669. The lowest BCUT2D eigenvalue weighted by Crippen LogP contribution is -2.01. The van der Waals surface area contributed by atoms with E-state index in [1.807, 2.05) is 72.8 Å². The van der Waals surface area contributed by atoms with Crippen LogP contribution in [0.5, 0.6) is 0 Å². The van der Waals surface area contributed by atoms with Gasteiger partial charge in [-0.15, -0.1) is 0 Å². The molecule has 5 nitrogen and oxygen atoms in total. The largest absolute Gasteiger partial charge is 0.455 e. The van der Waals surface area contributed by atoms with Gasteiger partial charge in [-0.05, 0) is 41.5 Å². The van der Waals surface area contributed by atoms with Gasteiger partial charge < -0.3 is 8.98 Å². The minimum absolute atomic E-state index is 0.550. The van der Waals surface area contributed by atoms with E-state index >= 15 is 0 Å². The predicted molar refractivity (Wildman–Crippen MR) is 203 cm³/mol. The van der Waals surface area contributed by atoms with E-state index in [1.165, 1.54) is 16.3 Å². The van der Waals surface area contributed by atoms with E-state index in [9.17, 15) is 0 Å². The van der Waals surface area contributed by atoms with E-state index in [0.29, 0.717) is 17.5 Å². The fourth-order valence-electron chi connectivity index (χ4n) is 7.09. The quantitative estimate of drug-likeness (QED) is 0.188. The maximum atomic E-state index is 6.64. The smallest absolute Gasteiger partial charge is 0.167 e. The second kappa shape index (κ2) is 11.4. The summed E-state index contributed by atoms with van der Waals surface area (Å²) in [5.41, 5.74) is 9.77. The van der Waals surface area contributed by atoms with Crippen LogP contribution in [0.3, 0.4) is 0 Å². The molecule has 0 fully saturated rings. The monoisotopic (exact) mass is 640 g/mol. The standard InChI is InChI=1S/C45H28N4O/c1-4-14-29(15-5-1)32-24-25-35-34-20-10-12-22-39(34)49(40(35)26-32)33-27-37-36-21-11-13-23-41(36)50-42(37)38(28-33)45-47-43(30-16-6-2-7-17-30)46-44(48-45)31-18-8-3-9-19-31/h1-28H. The zero-order valence-corrected chi connectivity index (χ0v) is 26.9. The third-order valence-corrected chi connectivity index (χ3v) is 9.44. The van der Waals surface area contributed by atoms with Crippen molar-refractivity contribution in [2.24, 2.45) is 0 Å². The molecule has 7 aromatic carbocycles. The van der Waals surface area contributed by atoms with Gasteiger partial charge >= 0.3 is 0 Å². The van der Waals surface area contributed by atoms with Crippen molar-refractivity contribution >= 4 is 43.7 Å². The molecule has 50 heavy (non-hydrogen) atoms. The van der Waals surface area contributed by atoms with Crippen molar-refractivity contribution in [2.45, 2.75) is 0 Å². The van der Waals surface area contributed by atoms with Gasteiger partial charge in [0, 0.05) is 38.4 Å². The SMILES string of the molecule is c1ccc(-c2ccc3c4ccccc4n(-c4cc(-c5nc(-c6ccccc6)nc(-c6ccccc6)n5)c5oc6ccccc6c5c4)c3c2)cc1. The first-order valence-corrected chi connectivity index (χ1v) is 16.7. The molecule has 0 amide bonds. The number of benzene rings is 7. The van der Waals surface area contributed by atoms with Gasteiger partial charge in [0.15, 0.2) is 17.5 Å². The number of aromatic nitrogens is 4. The topological polar surface area (TPSA) is 56.7 Å². The van der Waals surface area contributed by atoms with Gasteiger partial charge in [0.25, 0.3) is 0 Å². The molecule has 0 radical (unpaired) electrons. The summed E-state index contributed by atoms with van der Waals surface area (Å²) in [6, 6.07) is 58.7. The van der Waals surface area contributed by atoms with Crippen LogP contribution >= 0.6 is 0 Å². The highest BCUT2D eigenvalue weighted by Gasteiger charge is 2.21. The molecule has 0 aliphatic heterocycles. The van der Waals surface area contributed by atoms with E-state index in [0.717, 1.165) is 60.9 Å². The lowest BCUT2D eigenvalue weighted by Gasteiger charge is -2.13. The van der Waals surface area contributed by atoms with E-state index in [1.54, 1.807) is 0 Å². The summed E-state index contributed by atoms with van der Waals surface area (Å²) in [4.78, 5) is 15.2. The summed E-state index contributed by atoms with van der Waals surface area (Å²) in [7, 11) is 0. The highest BCUT2D eigenvalue weighted by atomic mass is 16.3. The third-order valence-electron chi connectivity index (χ3n) is 9.44. The minimum atomic E-state index is 0.550. The molecule has 0 aliphatic rings. The molecule has 0 atom stereocenters. The minimum Gasteiger partial charge on any atom is -0.455 e. The summed E-state index contributed by atoms with van der Waals surface area (Å²) in [5.74, 6) is 1.76. The Hall–Kier alpha value is -6.85. The number of rotatable bonds is 5. The van der Waals surface area contributed by atoms with Gasteiger partial charge in [0.2, 0.25) is 0 Å². The van der Waals surface area contributed by atoms with Crippen LogP contribution in [0.1, 0.15) is 0 Å². The number of hydrogen-bond donors (Lipinski definition) is 0. The molecule has 5 heteroatoms. The summed E-state index contributed by atoms with van der Waals surface area (Å²) in [6.45, 7) is 0. The number of fused-ring (bicyclic) bond motifs is 6. The molecule has 0 N–H and O–H groups in total. The molecule has 0 unspecified atom stereocenters. The third kappa shape index (κ3) is 4.60. The molecular weight excluding hydrogens is 613 g/mol. The first-order valence-electron chi connectivity index (χ1n) is 16.7. The second-order valence-electron chi connectivity index (χ2n) is 12.5. The molecule has 10 rings (SSSR count). The first-order chi connectivity index (χ1) is 24.8. The van der Waals surface area contributed by atoms with Crippen molar-refractivity contribution in [3.8, 4) is 51.0 Å². The van der Waals surface area contributed by atoms with Crippen molar-refractivity contribution in [1.82, 2.24) is 19.5 Å². The molecule has 0 spiro atoms. The maximum Gasteiger partial charge on any atom is 0.167 e. The normalized spacial score (nSPS) is 11.6. The van der Waals surface area contributed by atoms with Crippen LogP contribution in [0.2, 0.25) is 0 Å². The summed E-state index contributed by atoms with van der Waals surface area (Å²) >= 11 is 0. The molecule has 0 saturated carbocycles. The summed E-state index contributed by atoms with van der Waals surface area (Å²) in [6.07, 6.45) is 0. The average molecular weight is 641 g/mol. The zero-order valence-electron chi connectivity index (χ0n) is 26.9. The Balaban J connectivity index is 1.30. The Morgan fingerprint density at radius 3 is 1.64 bits per heavy atom. The molecule has 0 aliphatic carbocycles. The van der Waals surface area contributed by atoms with Crippen molar-refractivity contribution in [3.05, 3.63) is 170 Å². The number of para-hydroxylation sites is 2. The van der Waals surface area contributed by atoms with Crippen molar-refractivity contribution in [1.29, 1.82) is 0 Å². The van der Waals surface area contributed by atoms with Gasteiger partial charge in [-0.1, -0.05) is 140 Å². The molecule has 0 bridgehead atoms. The lowest BCUT2D eigenvalue weighted by atomic mass is 10.0. The highest BCUT2D eigenvalue weighted by Crippen LogP contribution is 2.41. The van der Waals surface area contributed by atoms with Crippen molar-refractivity contribution in [2.75, 3.05) is 0 Å². The van der Waals surface area contributed by atoms with Crippen LogP contribution in [-0.4, -0.2) is 19.5 Å². The van der Waals surface area contributed by atoms with Gasteiger partial charge in [0.05, 0.1) is 16.6 Å². The van der Waals surface area contributed by atoms with Crippen molar-refractivity contribution in [3.63, 3.8) is 0 Å². The van der Waals surface area contributed by atoms with Crippen LogP contribution in [0.15, 0.2) is 174 Å². The Morgan fingerprint density at radius 1 is 0.380 bits per heavy atom. The van der Waals surface area contributed by atoms with E-state index in [2.05, 4.69) is 102 Å². The van der Waals surface area contributed by atoms with Gasteiger partial charge in [-0.25, -0.2) is 15.0 Å². The van der Waals surface area contributed by atoms with Crippen LogP contribution in [0.4, 0.5) is 0 Å². The Labute approximate surface area is 287 Å². The van der Waals surface area contributed by atoms with Gasteiger partial charge in [-0.3, -0.25) is 0 Å². The van der Waals surface area contributed by atoms with Crippen LogP contribution in [0, 0.1) is 0 Å². The molecule has 234 valence electrons. The Kier molecular flexibility index (Phi) is 6.42. The molecular formula is C45H28N4O. The zero-order chi connectivity index (χ0) is 33.0. The summed E-state index contributed by atoms with van der Waals surface area (Å²) in [5, 5.41) is 4.42. The maximum absolute atomic E-state index is 6.64. The fourth-order valence-corrected chi connectivity index (χ4v) is 7.09. The number of hydrogen-bond acceptors (Lipinski definition) is 4. The van der Waals surface area contributed by atoms with Crippen LogP contribution < -0.4 is 0 Å². The molecule has 3 heterocycles. The average Bonchev–Trinajstić information content (AvgIpc) is 3.74. The van der Waals surface area contributed by atoms with Crippen molar-refractivity contribution < 1.29 is 4.42 Å². The molecule has 0 saturated heterocycles. The first kappa shape index (κ1) is 28.2. The Morgan fingerprint density at radius 2 is 0.940 bits per heavy atom. The highest BCUT2D eigenvalue weighted by molar-refractivity contribution is 6.13. The Bertz CT molecular complexity index is 2800. The molecule has 3 aromatic heterocycles. The van der Waals surface area contributed by atoms with E-state index in [-0.39, 0.29) is 0 Å². The van der Waals surface area contributed by atoms with Gasteiger partial charge in [0.1, 0.15) is 11.2 Å². The second-order valence-corrected chi connectivity index (χ2v) is 12.5. The van der Waals surface area contributed by atoms with Crippen LogP contribution in [-0.2, 0) is 0 Å². The van der Waals surface area contributed by atoms with Crippen LogP contribution in [0.25, 0.3) is 94.7 Å². The van der Waals surface area contributed by atoms with E-state index in [4.69, 9.17) is 19.4 Å². The number of furan rings is 1. The van der Waals surface area contributed by atoms with E-state index < -0.39 is 0 Å². The predicted octanol–water partition coefficient (Wildman–Crippen LogP) is 11.5. The van der Waals surface area contributed by atoms with Gasteiger partial charge in [-0.2, -0.15) is 0 Å². The number of nitrogens with zero attached hydrogens (tertiary/aromatic N) is 4. The summed E-state index contributed by atoms with van der Waals surface area (Å²) < 4.78 is 9.00.